The highest BCUT2D eigenvalue weighted by Gasteiger charge is 2.20. The number of ether oxygens (including phenoxy) is 2. The lowest BCUT2D eigenvalue weighted by Crippen LogP contribution is -2.35. The zero-order valence-corrected chi connectivity index (χ0v) is 18.0. The van der Waals surface area contributed by atoms with E-state index in [2.05, 4.69) is 16.0 Å². The van der Waals surface area contributed by atoms with Crippen LogP contribution in [0.25, 0.3) is 0 Å². The van der Waals surface area contributed by atoms with Crippen molar-refractivity contribution in [2.24, 2.45) is 0 Å². The molecule has 0 spiro atoms. The molecule has 2 aromatic carbocycles. The quantitative estimate of drug-likeness (QED) is 0.504. The maximum atomic E-state index is 12.4. The summed E-state index contributed by atoms with van der Waals surface area (Å²) >= 11 is 0. The number of hydrogen-bond donors (Lipinski definition) is 3. The van der Waals surface area contributed by atoms with Crippen molar-refractivity contribution in [3.63, 3.8) is 0 Å². The first kappa shape index (κ1) is 23.7. The van der Waals surface area contributed by atoms with E-state index in [1.165, 1.54) is 0 Å². The molecular formula is C23H29N3O5. The van der Waals surface area contributed by atoms with E-state index >= 15 is 0 Å². The summed E-state index contributed by atoms with van der Waals surface area (Å²) in [6.07, 6.45) is -0.182. The molecule has 0 aliphatic carbocycles. The molecule has 3 N–H and O–H groups in total. The van der Waals surface area contributed by atoms with E-state index in [4.69, 9.17) is 9.47 Å². The van der Waals surface area contributed by atoms with Gasteiger partial charge in [0.2, 0.25) is 5.91 Å². The second kappa shape index (κ2) is 12.2. The van der Waals surface area contributed by atoms with Gasteiger partial charge in [-0.15, -0.1) is 0 Å². The van der Waals surface area contributed by atoms with Crippen LogP contribution in [0.5, 0.6) is 5.75 Å². The van der Waals surface area contributed by atoms with Crippen LogP contribution in [-0.4, -0.2) is 37.7 Å². The van der Waals surface area contributed by atoms with Crippen LogP contribution < -0.4 is 20.7 Å². The van der Waals surface area contributed by atoms with Crippen LogP contribution >= 0.6 is 0 Å². The fraction of sp³-hybridized carbons (Fsp3) is 0.348. The van der Waals surface area contributed by atoms with E-state index < -0.39 is 18.0 Å². The molecule has 0 aromatic heterocycles. The van der Waals surface area contributed by atoms with E-state index in [1.54, 1.807) is 57.4 Å². The number of rotatable bonds is 10. The summed E-state index contributed by atoms with van der Waals surface area (Å²) in [5, 5.41) is 8.17. The van der Waals surface area contributed by atoms with Crippen molar-refractivity contribution in [2.75, 3.05) is 19.0 Å². The third-order valence-electron chi connectivity index (χ3n) is 4.26. The van der Waals surface area contributed by atoms with E-state index in [9.17, 15) is 14.4 Å². The minimum Gasteiger partial charge on any atom is -0.497 e. The van der Waals surface area contributed by atoms with E-state index in [-0.39, 0.29) is 31.4 Å². The topological polar surface area (TPSA) is 106 Å². The standard InChI is InChI=1S/C23H29N3O5/c1-16(2)31-22(28)15-20(17-9-11-19(30-3)12-10-17)26-21(27)13-14-24-23(29)25-18-7-5-4-6-8-18/h4-12,16,20H,13-15H2,1-3H3,(H,26,27)(H2,24,25,29). The van der Waals surface area contributed by atoms with Gasteiger partial charge in [0.15, 0.2) is 0 Å². The number of hydrogen-bond acceptors (Lipinski definition) is 5. The number of esters is 1. The molecule has 1 atom stereocenters. The van der Waals surface area contributed by atoms with Gasteiger partial charge in [0.25, 0.3) is 0 Å². The number of benzene rings is 2. The molecule has 0 aliphatic heterocycles. The molecule has 0 saturated heterocycles. The summed E-state index contributed by atoms with van der Waals surface area (Å²) in [5.41, 5.74) is 1.41. The Balaban J connectivity index is 1.89. The van der Waals surface area contributed by atoms with Crippen molar-refractivity contribution in [1.29, 1.82) is 0 Å². The van der Waals surface area contributed by atoms with Crippen molar-refractivity contribution >= 4 is 23.6 Å². The maximum absolute atomic E-state index is 12.4. The molecule has 0 heterocycles. The molecule has 2 aromatic rings. The van der Waals surface area contributed by atoms with Gasteiger partial charge in [-0.1, -0.05) is 30.3 Å². The fourth-order valence-corrected chi connectivity index (χ4v) is 2.82. The molecule has 8 heteroatoms. The molecule has 2 rings (SSSR count). The van der Waals surface area contributed by atoms with Gasteiger partial charge in [0.05, 0.1) is 25.7 Å². The number of methoxy groups -OCH3 is 1. The monoisotopic (exact) mass is 427 g/mol. The van der Waals surface area contributed by atoms with Crippen LogP contribution in [0.4, 0.5) is 10.5 Å². The highest BCUT2D eigenvalue weighted by molar-refractivity contribution is 5.89. The zero-order chi connectivity index (χ0) is 22.6. The third-order valence-corrected chi connectivity index (χ3v) is 4.26. The zero-order valence-electron chi connectivity index (χ0n) is 18.0. The summed E-state index contributed by atoms with van der Waals surface area (Å²) in [7, 11) is 1.56. The average molecular weight is 428 g/mol. The highest BCUT2D eigenvalue weighted by atomic mass is 16.5. The van der Waals surface area contributed by atoms with E-state index in [0.717, 1.165) is 5.56 Å². The Morgan fingerprint density at radius 1 is 0.968 bits per heavy atom. The summed E-state index contributed by atoms with van der Waals surface area (Å²) in [6.45, 7) is 3.69. The second-order valence-electron chi connectivity index (χ2n) is 7.13. The van der Waals surface area contributed by atoms with Crippen LogP contribution in [-0.2, 0) is 14.3 Å². The van der Waals surface area contributed by atoms with Gasteiger partial charge in [0.1, 0.15) is 5.75 Å². The van der Waals surface area contributed by atoms with E-state index in [0.29, 0.717) is 11.4 Å². The van der Waals surface area contributed by atoms with Crippen LogP contribution in [0.2, 0.25) is 0 Å². The lowest BCUT2D eigenvalue weighted by Gasteiger charge is -2.20. The molecule has 8 nitrogen and oxygen atoms in total. The van der Waals surface area contributed by atoms with Crippen molar-refractivity contribution in [3.8, 4) is 5.75 Å². The molecule has 0 aliphatic rings. The van der Waals surface area contributed by atoms with Gasteiger partial charge in [-0.2, -0.15) is 0 Å². The average Bonchev–Trinajstić information content (AvgIpc) is 2.73. The Hall–Kier alpha value is -3.55. The van der Waals surface area contributed by atoms with Crippen LogP contribution in [0, 0.1) is 0 Å². The molecular weight excluding hydrogens is 398 g/mol. The molecule has 166 valence electrons. The Morgan fingerprint density at radius 3 is 2.26 bits per heavy atom. The van der Waals surface area contributed by atoms with Gasteiger partial charge in [-0.3, -0.25) is 9.59 Å². The maximum Gasteiger partial charge on any atom is 0.319 e. The predicted octanol–water partition coefficient (Wildman–Crippen LogP) is 3.41. The fourth-order valence-electron chi connectivity index (χ4n) is 2.82. The van der Waals surface area contributed by atoms with Crippen molar-refractivity contribution in [1.82, 2.24) is 10.6 Å². The summed E-state index contributed by atoms with van der Waals surface area (Å²) < 4.78 is 10.4. The van der Waals surface area contributed by atoms with Crippen molar-refractivity contribution in [2.45, 2.75) is 38.8 Å². The Morgan fingerprint density at radius 2 is 1.65 bits per heavy atom. The predicted molar refractivity (Wildman–Crippen MR) is 118 cm³/mol. The SMILES string of the molecule is COc1ccc(C(CC(=O)OC(C)C)NC(=O)CCNC(=O)Nc2ccccc2)cc1. The number of carbonyl (C=O) groups is 3. The number of carbonyl (C=O) groups excluding carboxylic acids is 3. The number of nitrogens with one attached hydrogen (secondary N) is 3. The van der Waals surface area contributed by atoms with Crippen LogP contribution in [0.15, 0.2) is 54.6 Å². The van der Waals surface area contributed by atoms with Gasteiger partial charge < -0.3 is 25.4 Å². The molecule has 0 saturated carbocycles. The molecule has 0 fully saturated rings. The first-order valence-electron chi connectivity index (χ1n) is 10.1. The molecule has 1 unspecified atom stereocenters. The minimum atomic E-state index is -0.553. The van der Waals surface area contributed by atoms with Gasteiger partial charge >= 0.3 is 12.0 Å². The Bertz CT molecular complexity index is 853. The molecule has 31 heavy (non-hydrogen) atoms. The first-order valence-corrected chi connectivity index (χ1v) is 10.1. The van der Waals surface area contributed by atoms with Crippen LogP contribution in [0.3, 0.4) is 0 Å². The first-order chi connectivity index (χ1) is 14.9. The number of para-hydroxylation sites is 1. The van der Waals surface area contributed by atoms with E-state index in [1.807, 2.05) is 18.2 Å². The Labute approximate surface area is 182 Å². The number of anilines is 1. The van der Waals surface area contributed by atoms with Gasteiger partial charge in [0, 0.05) is 18.7 Å². The van der Waals surface area contributed by atoms with Gasteiger partial charge in [-0.25, -0.2) is 4.79 Å². The molecule has 3 amide bonds. The second-order valence-corrected chi connectivity index (χ2v) is 7.13. The van der Waals surface area contributed by atoms with Gasteiger partial charge in [-0.05, 0) is 43.7 Å². The highest BCUT2D eigenvalue weighted by Crippen LogP contribution is 2.21. The molecule has 0 radical (unpaired) electrons. The Kier molecular flexibility index (Phi) is 9.35. The van der Waals surface area contributed by atoms with Crippen molar-refractivity contribution in [3.05, 3.63) is 60.2 Å². The normalized spacial score (nSPS) is 11.4. The third kappa shape index (κ3) is 8.77. The van der Waals surface area contributed by atoms with Crippen LogP contribution in [0.1, 0.15) is 38.3 Å². The minimum absolute atomic E-state index is 0.00181. The smallest absolute Gasteiger partial charge is 0.319 e. The largest absolute Gasteiger partial charge is 0.497 e. The summed E-state index contributed by atoms with van der Waals surface area (Å²) in [5.74, 6) is -0.0260. The van der Waals surface area contributed by atoms with Crippen molar-refractivity contribution < 1.29 is 23.9 Å². The number of urea groups is 1. The lowest BCUT2D eigenvalue weighted by molar-refractivity contribution is -0.148. The summed E-state index contributed by atoms with van der Waals surface area (Å²) in [6, 6.07) is 15.2. The lowest BCUT2D eigenvalue weighted by atomic mass is 10.0. The number of amides is 3. The molecule has 0 bridgehead atoms. The summed E-state index contributed by atoms with van der Waals surface area (Å²) in [4.78, 5) is 36.5.